The first kappa shape index (κ1) is 32.5. The zero-order chi connectivity index (χ0) is 28.6. The third-order valence-corrected chi connectivity index (χ3v) is 8.01. The largest absolute Gasteiger partial charge is 0.474 e. The van der Waals surface area contributed by atoms with E-state index in [0.29, 0.717) is 29.2 Å². The molecule has 0 aliphatic heterocycles. The van der Waals surface area contributed by atoms with Crippen molar-refractivity contribution in [3.63, 3.8) is 0 Å². The van der Waals surface area contributed by atoms with Crippen LogP contribution in [0, 0.1) is 0 Å². The highest BCUT2D eigenvalue weighted by Gasteiger charge is 2.33. The Labute approximate surface area is 232 Å². The number of hydrogen-bond donors (Lipinski definition) is 1. The fraction of sp³-hybridized carbons (Fsp3) is 0.500. The molecule has 2 aromatic rings. The van der Waals surface area contributed by atoms with Crippen LogP contribution in [0.2, 0.25) is 5.02 Å². The maximum Gasteiger partial charge on any atom is 0.474 e. The first-order chi connectivity index (χ1) is 17.7. The molecule has 7 nitrogen and oxygen atoms in total. The summed E-state index contributed by atoms with van der Waals surface area (Å²) >= 11 is 7.87. The maximum atomic E-state index is 13.0. The molecule has 0 saturated carbocycles. The predicted molar refractivity (Wildman–Crippen MR) is 145 cm³/mol. The third-order valence-electron chi connectivity index (χ3n) is 5.34. The van der Waals surface area contributed by atoms with Gasteiger partial charge in [0.05, 0.1) is 12.1 Å². The van der Waals surface area contributed by atoms with E-state index in [1.807, 2.05) is 12.1 Å². The van der Waals surface area contributed by atoms with Gasteiger partial charge in [0, 0.05) is 34.6 Å². The Morgan fingerprint density at radius 2 is 1.74 bits per heavy atom. The Morgan fingerprint density at radius 1 is 1.08 bits per heavy atom. The average Bonchev–Trinajstić information content (AvgIpc) is 2.83. The van der Waals surface area contributed by atoms with Gasteiger partial charge >= 0.3 is 13.9 Å². The Morgan fingerprint density at radius 3 is 2.32 bits per heavy atom. The molecule has 0 heterocycles. The molecule has 12 heteroatoms. The second-order valence-corrected chi connectivity index (χ2v) is 13.3. The van der Waals surface area contributed by atoms with E-state index in [-0.39, 0.29) is 12.2 Å². The van der Waals surface area contributed by atoms with E-state index in [0.717, 1.165) is 10.5 Å². The molecule has 0 fully saturated rings. The first-order valence-corrected chi connectivity index (χ1v) is 14.5. The minimum absolute atomic E-state index is 0.0305. The molecule has 0 aliphatic rings. The van der Waals surface area contributed by atoms with Crippen molar-refractivity contribution in [2.24, 2.45) is 0 Å². The van der Waals surface area contributed by atoms with E-state index in [1.165, 1.54) is 38.1 Å². The zero-order valence-corrected chi connectivity index (χ0v) is 24.9. The Hall–Kier alpha value is -1.68. The Kier molecular flexibility index (Phi) is 12.1. The van der Waals surface area contributed by atoms with E-state index in [4.69, 9.17) is 29.9 Å². The van der Waals surface area contributed by atoms with Gasteiger partial charge in [0.25, 0.3) is 6.43 Å². The number of amides is 1. The number of carbonyl (C=O) groups excluding carboxylic acids is 1. The van der Waals surface area contributed by atoms with E-state index in [9.17, 15) is 18.1 Å². The summed E-state index contributed by atoms with van der Waals surface area (Å²) in [5, 5.41) is 3.36. The maximum absolute atomic E-state index is 13.0. The zero-order valence-electron chi connectivity index (χ0n) is 22.4. The van der Waals surface area contributed by atoms with Crippen molar-refractivity contribution in [2.75, 3.05) is 20.8 Å². The molecule has 1 amide bonds. The summed E-state index contributed by atoms with van der Waals surface area (Å²) in [5.41, 5.74) is -0.796. The number of benzene rings is 2. The van der Waals surface area contributed by atoms with Crippen LogP contribution in [-0.4, -0.2) is 38.1 Å². The van der Waals surface area contributed by atoms with Gasteiger partial charge in [-0.05, 0) is 76.8 Å². The van der Waals surface area contributed by atoms with Gasteiger partial charge in [-0.15, -0.1) is 0 Å². The SMILES string of the molecule is COP(=O)(OC)OCC(C)(CCCc1ccc(Sc2cccc(C(F)F)c2)cc1Cl)NC(=O)OC(C)(C)C. The van der Waals surface area contributed by atoms with E-state index in [1.54, 1.807) is 45.9 Å². The van der Waals surface area contributed by atoms with Gasteiger partial charge in [-0.25, -0.2) is 18.1 Å². The second kappa shape index (κ2) is 14.1. The fourth-order valence-electron chi connectivity index (χ4n) is 3.44. The van der Waals surface area contributed by atoms with Crippen molar-refractivity contribution < 1.29 is 36.4 Å². The Balaban J connectivity index is 2.07. The lowest BCUT2D eigenvalue weighted by Gasteiger charge is -2.32. The molecule has 0 spiro atoms. The summed E-state index contributed by atoms with van der Waals surface area (Å²) in [4.78, 5) is 14.0. The van der Waals surface area contributed by atoms with Crippen LogP contribution in [-0.2, 0) is 29.3 Å². The molecular weight excluding hydrogens is 559 g/mol. The van der Waals surface area contributed by atoms with Crippen LogP contribution in [0.1, 0.15) is 58.1 Å². The fourth-order valence-corrected chi connectivity index (χ4v) is 5.50. The molecule has 38 heavy (non-hydrogen) atoms. The molecule has 0 aromatic heterocycles. The molecule has 0 bridgehead atoms. The standard InChI is InChI=1S/C26H35ClF2NO6PS/c1-25(2,3)36-24(31)30-26(4,17-35-37(32,33-5)34-6)14-8-10-18-12-13-21(16-22(18)27)38-20-11-7-9-19(15-20)23(28)29/h7,9,11-13,15-16,23H,8,10,14,17H2,1-6H3,(H,30,31). The number of nitrogens with one attached hydrogen (secondary N) is 1. The summed E-state index contributed by atoms with van der Waals surface area (Å²) in [6.45, 7) is 6.87. The number of aryl methyl sites for hydroxylation is 1. The molecule has 212 valence electrons. The van der Waals surface area contributed by atoms with Crippen molar-refractivity contribution in [1.82, 2.24) is 5.32 Å². The number of rotatable bonds is 13. The highest BCUT2D eigenvalue weighted by atomic mass is 35.5. The molecule has 1 N–H and O–H groups in total. The molecule has 1 atom stereocenters. The van der Waals surface area contributed by atoms with Gasteiger partial charge in [0.2, 0.25) is 0 Å². The van der Waals surface area contributed by atoms with Crippen LogP contribution in [0.3, 0.4) is 0 Å². The minimum Gasteiger partial charge on any atom is -0.444 e. The normalized spacial score (nSPS) is 13.8. The van der Waals surface area contributed by atoms with Crippen LogP contribution in [0.4, 0.5) is 13.6 Å². The molecule has 0 saturated heterocycles. The smallest absolute Gasteiger partial charge is 0.444 e. The molecule has 2 aromatic carbocycles. The van der Waals surface area contributed by atoms with Crippen LogP contribution in [0.25, 0.3) is 0 Å². The number of alkyl halides is 2. The van der Waals surface area contributed by atoms with Crippen LogP contribution < -0.4 is 5.32 Å². The van der Waals surface area contributed by atoms with Gasteiger partial charge in [-0.3, -0.25) is 13.6 Å². The molecule has 1 unspecified atom stereocenters. The van der Waals surface area contributed by atoms with E-state index >= 15 is 0 Å². The monoisotopic (exact) mass is 593 g/mol. The number of hydrogen-bond acceptors (Lipinski definition) is 7. The number of carbonyl (C=O) groups is 1. The van der Waals surface area contributed by atoms with Crippen molar-refractivity contribution in [2.45, 2.75) is 74.3 Å². The van der Waals surface area contributed by atoms with Gasteiger partial charge in [0.15, 0.2) is 0 Å². The Bertz CT molecular complexity index is 1130. The lowest BCUT2D eigenvalue weighted by Crippen LogP contribution is -2.51. The van der Waals surface area contributed by atoms with Gasteiger partial charge < -0.3 is 10.1 Å². The van der Waals surface area contributed by atoms with Crippen molar-refractivity contribution in [1.29, 1.82) is 0 Å². The van der Waals surface area contributed by atoms with Crippen LogP contribution in [0.5, 0.6) is 0 Å². The highest BCUT2D eigenvalue weighted by Crippen LogP contribution is 2.48. The van der Waals surface area contributed by atoms with E-state index in [2.05, 4.69) is 5.32 Å². The number of alkyl carbamates (subject to hydrolysis) is 1. The van der Waals surface area contributed by atoms with Gasteiger partial charge in [0.1, 0.15) is 5.60 Å². The molecule has 0 aliphatic carbocycles. The molecule has 2 rings (SSSR count). The van der Waals surface area contributed by atoms with Crippen molar-refractivity contribution in [3.05, 3.63) is 58.6 Å². The lowest BCUT2D eigenvalue weighted by molar-refractivity contribution is 0.0386. The van der Waals surface area contributed by atoms with Crippen LogP contribution in [0.15, 0.2) is 52.3 Å². The summed E-state index contributed by atoms with van der Waals surface area (Å²) in [6.07, 6.45) is -1.54. The third kappa shape index (κ3) is 10.8. The second-order valence-electron chi connectivity index (χ2n) is 9.86. The summed E-state index contributed by atoms with van der Waals surface area (Å²) in [5.74, 6) is 0. The number of phosphoric acid groups is 1. The van der Waals surface area contributed by atoms with E-state index < -0.39 is 31.5 Å². The minimum atomic E-state index is -3.76. The number of phosphoric ester groups is 1. The topological polar surface area (TPSA) is 83.1 Å². The molecular formula is C26H35ClF2NO6PS. The van der Waals surface area contributed by atoms with Crippen molar-refractivity contribution >= 4 is 37.3 Å². The first-order valence-electron chi connectivity index (χ1n) is 11.9. The summed E-state index contributed by atoms with van der Waals surface area (Å²) in [7, 11) is -1.34. The quantitative estimate of drug-likeness (QED) is 0.233. The number of halogens is 3. The average molecular weight is 594 g/mol. The van der Waals surface area contributed by atoms with Gasteiger partial charge in [-0.1, -0.05) is 41.6 Å². The lowest BCUT2D eigenvalue weighted by atomic mass is 9.94. The van der Waals surface area contributed by atoms with Crippen LogP contribution >= 0.6 is 31.2 Å². The predicted octanol–water partition coefficient (Wildman–Crippen LogP) is 8.45. The van der Waals surface area contributed by atoms with Gasteiger partial charge in [-0.2, -0.15) is 0 Å². The number of ether oxygens (including phenoxy) is 1. The summed E-state index contributed by atoms with van der Waals surface area (Å²) < 4.78 is 58.9. The molecule has 0 radical (unpaired) electrons. The van der Waals surface area contributed by atoms with Crippen molar-refractivity contribution in [3.8, 4) is 0 Å². The summed E-state index contributed by atoms with van der Waals surface area (Å²) in [6, 6.07) is 11.8. The highest BCUT2D eigenvalue weighted by molar-refractivity contribution is 7.99.